The Kier molecular flexibility index (Phi) is 3.97. The topological polar surface area (TPSA) is 113 Å². The van der Waals surface area contributed by atoms with Gasteiger partial charge in [-0.25, -0.2) is 4.39 Å². The molecule has 1 saturated heterocycles. The van der Waals surface area contributed by atoms with Crippen molar-refractivity contribution in [1.82, 2.24) is 24.9 Å². The number of anilines is 3. The van der Waals surface area contributed by atoms with Gasteiger partial charge in [0.05, 0.1) is 12.6 Å². The molecule has 0 atom stereocenters. The summed E-state index contributed by atoms with van der Waals surface area (Å²) in [7, 11) is 0. The molecule has 1 aliphatic carbocycles. The van der Waals surface area contributed by atoms with Crippen LogP contribution in [0.3, 0.4) is 0 Å². The van der Waals surface area contributed by atoms with E-state index in [1.807, 2.05) is 0 Å². The molecule has 1 aromatic carbocycles. The SMILES string of the molecule is O=C1C/C(=C\c2cnn3c(NC4CC4)nc(Nc4ccc(F)cc4)nc23)C(=O)N1. The van der Waals surface area contributed by atoms with E-state index in [0.29, 0.717) is 40.4 Å². The normalized spacial score (nSPS) is 17.8. The maximum atomic E-state index is 13.2. The van der Waals surface area contributed by atoms with Crippen LogP contribution in [0, 0.1) is 5.82 Å². The van der Waals surface area contributed by atoms with Crippen molar-refractivity contribution in [3.05, 3.63) is 47.4 Å². The molecule has 1 aliphatic heterocycles. The van der Waals surface area contributed by atoms with Gasteiger partial charge in [-0.15, -0.1) is 0 Å². The van der Waals surface area contributed by atoms with Crippen molar-refractivity contribution in [1.29, 1.82) is 0 Å². The van der Waals surface area contributed by atoms with E-state index in [0.717, 1.165) is 12.8 Å². The summed E-state index contributed by atoms with van der Waals surface area (Å²) in [5, 5.41) is 13.0. The molecule has 1 saturated carbocycles. The fraction of sp³-hybridized carbons (Fsp3) is 0.211. The molecule has 3 N–H and O–H groups in total. The molecule has 0 radical (unpaired) electrons. The van der Waals surface area contributed by atoms with Gasteiger partial charge in [-0.2, -0.15) is 19.6 Å². The van der Waals surface area contributed by atoms with Crippen LogP contribution in [0.4, 0.5) is 22.0 Å². The quantitative estimate of drug-likeness (QED) is 0.449. The predicted octanol–water partition coefficient (Wildman–Crippen LogP) is 2.01. The van der Waals surface area contributed by atoms with E-state index in [1.54, 1.807) is 28.9 Å². The molecule has 9 nitrogen and oxygen atoms in total. The van der Waals surface area contributed by atoms with Crippen molar-refractivity contribution in [2.75, 3.05) is 10.6 Å². The number of aromatic nitrogens is 4. The zero-order valence-electron chi connectivity index (χ0n) is 15.1. The third kappa shape index (κ3) is 3.51. The minimum atomic E-state index is -0.413. The van der Waals surface area contributed by atoms with E-state index >= 15 is 0 Å². The molecule has 3 aromatic rings. The van der Waals surface area contributed by atoms with Gasteiger partial charge in [-0.3, -0.25) is 14.9 Å². The van der Waals surface area contributed by atoms with Crippen molar-refractivity contribution in [2.45, 2.75) is 25.3 Å². The molecule has 2 aliphatic rings. The van der Waals surface area contributed by atoms with E-state index in [-0.39, 0.29) is 18.1 Å². The van der Waals surface area contributed by atoms with Crippen LogP contribution in [-0.2, 0) is 9.59 Å². The van der Waals surface area contributed by atoms with Crippen LogP contribution in [0.1, 0.15) is 24.8 Å². The Morgan fingerprint density at radius 2 is 1.97 bits per heavy atom. The number of nitrogens with one attached hydrogen (secondary N) is 3. The number of hydrogen-bond donors (Lipinski definition) is 3. The van der Waals surface area contributed by atoms with Crippen LogP contribution in [0.25, 0.3) is 11.7 Å². The summed E-state index contributed by atoms with van der Waals surface area (Å²) >= 11 is 0. The van der Waals surface area contributed by atoms with Gasteiger partial charge < -0.3 is 10.6 Å². The number of carbonyl (C=O) groups is 2. The molecule has 3 heterocycles. The maximum absolute atomic E-state index is 13.2. The van der Waals surface area contributed by atoms with Crippen molar-refractivity contribution in [3.63, 3.8) is 0 Å². The second-order valence-corrected chi connectivity index (χ2v) is 6.98. The van der Waals surface area contributed by atoms with E-state index in [4.69, 9.17) is 0 Å². The fourth-order valence-corrected chi connectivity index (χ4v) is 3.03. The molecular formula is C19H16FN7O2. The molecular weight excluding hydrogens is 377 g/mol. The van der Waals surface area contributed by atoms with E-state index in [1.165, 1.54) is 12.1 Å². The molecule has 0 spiro atoms. The van der Waals surface area contributed by atoms with Gasteiger partial charge in [-0.05, 0) is 43.2 Å². The molecule has 0 unspecified atom stereocenters. The van der Waals surface area contributed by atoms with Crippen LogP contribution in [0.5, 0.6) is 0 Å². The number of imide groups is 1. The monoisotopic (exact) mass is 393 g/mol. The summed E-state index contributed by atoms with van der Waals surface area (Å²) in [5.74, 6) is -0.262. The lowest BCUT2D eigenvalue weighted by molar-refractivity contribution is -0.124. The Morgan fingerprint density at radius 3 is 2.66 bits per heavy atom. The van der Waals surface area contributed by atoms with Crippen LogP contribution in [0.2, 0.25) is 0 Å². The first-order chi connectivity index (χ1) is 14.0. The third-order valence-corrected chi connectivity index (χ3v) is 4.63. The minimum Gasteiger partial charge on any atom is -0.351 e. The van der Waals surface area contributed by atoms with E-state index in [9.17, 15) is 14.0 Å². The van der Waals surface area contributed by atoms with Gasteiger partial charge in [0.2, 0.25) is 17.8 Å². The Bertz CT molecular complexity index is 1170. The lowest BCUT2D eigenvalue weighted by Crippen LogP contribution is -2.19. The molecule has 0 bridgehead atoms. The van der Waals surface area contributed by atoms with Crippen LogP contribution in [0.15, 0.2) is 36.0 Å². The number of fused-ring (bicyclic) bond motifs is 1. The molecule has 2 fully saturated rings. The molecule has 10 heteroatoms. The first-order valence-electron chi connectivity index (χ1n) is 9.15. The lowest BCUT2D eigenvalue weighted by Gasteiger charge is -2.10. The zero-order valence-corrected chi connectivity index (χ0v) is 15.1. The third-order valence-electron chi connectivity index (χ3n) is 4.63. The Balaban J connectivity index is 1.56. The molecule has 5 rings (SSSR count). The van der Waals surface area contributed by atoms with Crippen molar-refractivity contribution in [3.8, 4) is 0 Å². The summed E-state index contributed by atoms with van der Waals surface area (Å²) < 4.78 is 14.7. The second-order valence-electron chi connectivity index (χ2n) is 6.98. The van der Waals surface area contributed by atoms with Crippen molar-refractivity contribution < 1.29 is 14.0 Å². The minimum absolute atomic E-state index is 0.0229. The van der Waals surface area contributed by atoms with Crippen LogP contribution in [-0.4, -0.2) is 37.4 Å². The molecule has 29 heavy (non-hydrogen) atoms. The Morgan fingerprint density at radius 1 is 1.17 bits per heavy atom. The standard InChI is InChI=1S/C19H16FN7O2/c20-12-1-3-13(4-2-12)22-18-25-16-11(7-10-8-15(28)24-17(10)29)9-21-27(16)19(26-18)23-14-5-6-14/h1-4,7,9,14H,5-6,8H2,(H,24,28,29)(H2,22,23,25,26)/b10-7+. The van der Waals surface area contributed by atoms with Gasteiger partial charge in [0.25, 0.3) is 5.91 Å². The molecule has 2 aromatic heterocycles. The lowest BCUT2D eigenvalue weighted by atomic mass is 10.1. The largest absolute Gasteiger partial charge is 0.351 e. The van der Waals surface area contributed by atoms with Crippen molar-refractivity contribution in [2.24, 2.45) is 0 Å². The number of carbonyl (C=O) groups excluding carboxylic acids is 2. The Hall–Kier alpha value is -3.82. The maximum Gasteiger partial charge on any atom is 0.254 e. The highest BCUT2D eigenvalue weighted by Crippen LogP contribution is 2.27. The van der Waals surface area contributed by atoms with Gasteiger partial charge >= 0.3 is 0 Å². The van der Waals surface area contributed by atoms with Gasteiger partial charge in [0.1, 0.15) is 5.82 Å². The van der Waals surface area contributed by atoms with Gasteiger partial charge in [0.15, 0.2) is 5.65 Å². The first kappa shape index (κ1) is 17.3. The van der Waals surface area contributed by atoms with Crippen LogP contribution < -0.4 is 16.0 Å². The Labute approximate surface area is 164 Å². The molecule has 2 amide bonds. The number of benzene rings is 1. The van der Waals surface area contributed by atoms with Gasteiger partial charge in [-0.1, -0.05) is 0 Å². The average molecular weight is 393 g/mol. The first-order valence-corrected chi connectivity index (χ1v) is 9.15. The van der Waals surface area contributed by atoms with Gasteiger partial charge in [0, 0.05) is 22.9 Å². The summed E-state index contributed by atoms with van der Waals surface area (Å²) in [6.07, 6.45) is 5.31. The summed E-state index contributed by atoms with van der Waals surface area (Å²) in [5.41, 5.74) is 2.06. The summed E-state index contributed by atoms with van der Waals surface area (Å²) in [6.45, 7) is 0. The summed E-state index contributed by atoms with van der Waals surface area (Å²) in [4.78, 5) is 32.3. The average Bonchev–Trinajstić information content (AvgIpc) is 3.33. The zero-order chi connectivity index (χ0) is 20.0. The van der Waals surface area contributed by atoms with E-state index in [2.05, 4.69) is 31.0 Å². The number of amides is 2. The van der Waals surface area contributed by atoms with E-state index < -0.39 is 5.91 Å². The highest BCUT2D eigenvalue weighted by molar-refractivity contribution is 6.15. The summed E-state index contributed by atoms with van der Waals surface area (Å²) in [6, 6.07) is 6.19. The number of nitrogens with zero attached hydrogens (tertiary/aromatic N) is 4. The second kappa shape index (κ2) is 6.66. The number of halogens is 1. The highest BCUT2D eigenvalue weighted by atomic mass is 19.1. The smallest absolute Gasteiger partial charge is 0.254 e. The fourth-order valence-electron chi connectivity index (χ4n) is 3.03. The van der Waals surface area contributed by atoms with Crippen LogP contribution >= 0.6 is 0 Å². The van der Waals surface area contributed by atoms with Crippen molar-refractivity contribution >= 4 is 41.1 Å². The number of rotatable bonds is 5. The highest BCUT2D eigenvalue weighted by Gasteiger charge is 2.26. The predicted molar refractivity (Wildman–Crippen MR) is 103 cm³/mol. The molecule has 146 valence electrons. The number of hydrogen-bond acceptors (Lipinski definition) is 7.